The Balaban J connectivity index is 2.45. The van der Waals surface area contributed by atoms with E-state index in [9.17, 15) is 4.79 Å². The molecule has 1 aromatic heterocycles. The zero-order chi connectivity index (χ0) is 13.0. The van der Waals surface area contributed by atoms with Crippen molar-refractivity contribution in [2.24, 2.45) is 0 Å². The number of esters is 1. The van der Waals surface area contributed by atoms with Gasteiger partial charge >= 0.3 is 5.97 Å². The molecule has 1 heterocycles. The molecule has 18 heavy (non-hydrogen) atoms. The minimum atomic E-state index is -0.653. The Morgan fingerprint density at radius 3 is 2.94 bits per heavy atom. The number of ether oxygens (including phenoxy) is 2. The highest BCUT2D eigenvalue weighted by Gasteiger charge is 2.21. The van der Waals surface area contributed by atoms with Crippen LogP contribution in [0.5, 0.6) is 0 Å². The van der Waals surface area contributed by atoms with Crippen molar-refractivity contribution < 1.29 is 18.7 Å². The minimum absolute atomic E-state index is 0.0910. The van der Waals surface area contributed by atoms with Crippen molar-refractivity contribution in [2.75, 3.05) is 13.7 Å². The van der Waals surface area contributed by atoms with Crippen molar-refractivity contribution in [1.29, 1.82) is 5.26 Å². The van der Waals surface area contributed by atoms with Crippen molar-refractivity contribution in [3.8, 4) is 6.07 Å². The normalized spacial score (nSPS) is 10.2. The summed E-state index contributed by atoms with van der Waals surface area (Å²) in [4.78, 5) is 11.7. The lowest BCUT2D eigenvalue weighted by Gasteiger charge is -2.00. The molecule has 0 N–H and O–H groups in total. The Morgan fingerprint density at radius 2 is 2.22 bits per heavy atom. The summed E-state index contributed by atoms with van der Waals surface area (Å²) in [6, 6.07) is 9.00. The van der Waals surface area contributed by atoms with E-state index in [-0.39, 0.29) is 19.0 Å². The minimum Gasteiger partial charge on any atom is -0.449 e. The van der Waals surface area contributed by atoms with E-state index in [1.807, 2.05) is 18.2 Å². The van der Waals surface area contributed by atoms with Crippen molar-refractivity contribution in [3.05, 3.63) is 35.6 Å². The van der Waals surface area contributed by atoms with Crippen LogP contribution >= 0.6 is 0 Å². The zero-order valence-corrected chi connectivity index (χ0v) is 9.80. The molecule has 1 aromatic carbocycles. The van der Waals surface area contributed by atoms with E-state index in [1.165, 1.54) is 7.11 Å². The summed E-state index contributed by atoms with van der Waals surface area (Å²) in [6.45, 7) is -0.0592. The number of rotatable bonds is 4. The van der Waals surface area contributed by atoms with Gasteiger partial charge in [-0.1, -0.05) is 18.2 Å². The highest BCUT2D eigenvalue weighted by Crippen LogP contribution is 2.27. The first kappa shape index (κ1) is 12.1. The molecule has 2 aromatic rings. The number of nitriles is 1. The third-order valence-corrected chi connectivity index (χ3v) is 2.44. The molecular formula is C13H11NO4. The van der Waals surface area contributed by atoms with Gasteiger partial charge in [-0.3, -0.25) is 0 Å². The van der Waals surface area contributed by atoms with E-state index in [4.69, 9.17) is 19.2 Å². The largest absolute Gasteiger partial charge is 0.449 e. The molecule has 2 rings (SSSR count). The van der Waals surface area contributed by atoms with E-state index in [2.05, 4.69) is 0 Å². The predicted molar refractivity (Wildman–Crippen MR) is 62.8 cm³/mol. The highest BCUT2D eigenvalue weighted by atomic mass is 16.5. The van der Waals surface area contributed by atoms with Crippen LogP contribution in [0.1, 0.15) is 16.1 Å². The fraction of sp³-hybridized carbons (Fsp3) is 0.231. The Morgan fingerprint density at radius 1 is 1.44 bits per heavy atom. The molecule has 0 saturated carbocycles. The van der Waals surface area contributed by atoms with E-state index in [0.717, 1.165) is 5.39 Å². The first-order valence-corrected chi connectivity index (χ1v) is 5.31. The summed E-state index contributed by atoms with van der Waals surface area (Å²) < 4.78 is 15.2. The van der Waals surface area contributed by atoms with Gasteiger partial charge < -0.3 is 13.9 Å². The van der Waals surface area contributed by atoms with Crippen LogP contribution in [0.3, 0.4) is 0 Å². The van der Waals surface area contributed by atoms with Crippen LogP contribution in [0.2, 0.25) is 0 Å². The maximum Gasteiger partial charge on any atom is 0.375 e. The molecule has 0 spiro atoms. The second kappa shape index (κ2) is 5.34. The molecular weight excluding hydrogens is 234 g/mol. The van der Waals surface area contributed by atoms with Gasteiger partial charge in [-0.05, 0) is 6.07 Å². The highest BCUT2D eigenvalue weighted by molar-refractivity contribution is 5.96. The Bertz CT molecular complexity index is 609. The number of hydrogen-bond acceptors (Lipinski definition) is 5. The van der Waals surface area contributed by atoms with Crippen molar-refractivity contribution in [3.63, 3.8) is 0 Å². The van der Waals surface area contributed by atoms with Gasteiger partial charge in [0.15, 0.2) is 6.61 Å². The van der Waals surface area contributed by atoms with E-state index in [0.29, 0.717) is 11.1 Å². The van der Waals surface area contributed by atoms with Gasteiger partial charge in [0.05, 0.1) is 6.61 Å². The zero-order valence-electron chi connectivity index (χ0n) is 9.80. The third kappa shape index (κ3) is 2.19. The van der Waals surface area contributed by atoms with Crippen LogP contribution < -0.4 is 0 Å². The van der Waals surface area contributed by atoms with Crippen molar-refractivity contribution >= 4 is 16.9 Å². The van der Waals surface area contributed by atoms with Gasteiger partial charge in [-0.25, -0.2) is 4.79 Å². The molecule has 0 saturated heterocycles. The lowest BCUT2D eigenvalue weighted by Crippen LogP contribution is -2.07. The molecule has 5 heteroatoms. The average Bonchev–Trinajstić information content (AvgIpc) is 2.76. The summed E-state index contributed by atoms with van der Waals surface area (Å²) in [5.74, 6) is -0.562. The van der Waals surface area contributed by atoms with Gasteiger partial charge in [0.2, 0.25) is 5.76 Å². The van der Waals surface area contributed by atoms with E-state index < -0.39 is 5.97 Å². The predicted octanol–water partition coefficient (Wildman–Crippen LogP) is 2.26. The Kier molecular flexibility index (Phi) is 3.60. The maximum absolute atomic E-state index is 11.7. The lowest BCUT2D eigenvalue weighted by atomic mass is 10.1. The molecule has 0 unspecified atom stereocenters. The second-order valence-electron chi connectivity index (χ2n) is 3.57. The topological polar surface area (TPSA) is 72.5 Å². The van der Waals surface area contributed by atoms with Crippen LogP contribution in [0.15, 0.2) is 28.7 Å². The van der Waals surface area contributed by atoms with Gasteiger partial charge in [-0.2, -0.15) is 5.26 Å². The Labute approximate surface area is 104 Å². The molecule has 0 aliphatic rings. The molecule has 0 aliphatic heterocycles. The number of carbonyl (C=O) groups is 1. The molecule has 0 bridgehead atoms. The summed E-state index contributed by atoms with van der Waals surface area (Å²) in [6.07, 6.45) is 0. The third-order valence-electron chi connectivity index (χ3n) is 2.44. The van der Waals surface area contributed by atoms with Crippen molar-refractivity contribution in [1.82, 2.24) is 0 Å². The second-order valence-corrected chi connectivity index (χ2v) is 3.57. The van der Waals surface area contributed by atoms with Gasteiger partial charge in [0.1, 0.15) is 11.7 Å². The average molecular weight is 245 g/mol. The lowest BCUT2D eigenvalue weighted by molar-refractivity contribution is 0.0515. The van der Waals surface area contributed by atoms with E-state index in [1.54, 1.807) is 12.1 Å². The van der Waals surface area contributed by atoms with Gasteiger partial charge in [0, 0.05) is 18.1 Å². The number of hydrogen-bond donors (Lipinski definition) is 0. The number of nitrogens with zero attached hydrogens (tertiary/aromatic N) is 1. The smallest absolute Gasteiger partial charge is 0.375 e. The van der Waals surface area contributed by atoms with Crippen LogP contribution in [-0.4, -0.2) is 19.7 Å². The standard InChI is InChI=1S/C13H11NO4/c1-16-8-10-9-4-2-3-5-11(9)18-12(10)13(15)17-7-6-14/h2-5H,7-8H2,1H3. The number of methoxy groups -OCH3 is 1. The summed E-state index contributed by atoms with van der Waals surface area (Å²) in [5, 5.41) is 9.20. The quantitative estimate of drug-likeness (QED) is 0.772. The fourth-order valence-electron chi connectivity index (χ4n) is 1.71. The molecule has 0 aliphatic carbocycles. The fourth-order valence-corrected chi connectivity index (χ4v) is 1.71. The number of para-hydroxylation sites is 1. The number of fused-ring (bicyclic) bond motifs is 1. The van der Waals surface area contributed by atoms with Crippen LogP contribution in [0.4, 0.5) is 0 Å². The summed E-state index contributed by atoms with van der Waals surface area (Å²) in [5.41, 5.74) is 1.23. The maximum atomic E-state index is 11.7. The summed E-state index contributed by atoms with van der Waals surface area (Å²) >= 11 is 0. The van der Waals surface area contributed by atoms with Gasteiger partial charge in [0.25, 0.3) is 0 Å². The number of benzene rings is 1. The monoisotopic (exact) mass is 245 g/mol. The van der Waals surface area contributed by atoms with Crippen LogP contribution in [0, 0.1) is 11.3 Å². The molecule has 0 atom stereocenters. The number of furan rings is 1. The molecule has 5 nitrogen and oxygen atoms in total. The van der Waals surface area contributed by atoms with Crippen LogP contribution in [0.25, 0.3) is 11.0 Å². The molecule has 0 amide bonds. The van der Waals surface area contributed by atoms with Gasteiger partial charge in [-0.15, -0.1) is 0 Å². The van der Waals surface area contributed by atoms with E-state index >= 15 is 0 Å². The summed E-state index contributed by atoms with van der Waals surface area (Å²) in [7, 11) is 1.53. The SMILES string of the molecule is COCc1c(C(=O)OCC#N)oc2ccccc12. The molecule has 0 radical (unpaired) electrons. The first-order valence-electron chi connectivity index (χ1n) is 5.31. The molecule has 92 valence electrons. The molecule has 0 fully saturated rings. The van der Waals surface area contributed by atoms with Crippen LogP contribution in [-0.2, 0) is 16.1 Å². The Hall–Kier alpha value is -2.32. The first-order chi connectivity index (χ1) is 8.77. The number of carbonyl (C=O) groups excluding carboxylic acids is 1. The van der Waals surface area contributed by atoms with Crippen molar-refractivity contribution in [2.45, 2.75) is 6.61 Å².